The van der Waals surface area contributed by atoms with Gasteiger partial charge in [-0.2, -0.15) is 0 Å². The van der Waals surface area contributed by atoms with Crippen LogP contribution in [0, 0.1) is 12.7 Å². The van der Waals surface area contributed by atoms with Gasteiger partial charge >= 0.3 is 0 Å². The van der Waals surface area contributed by atoms with Crippen LogP contribution < -0.4 is 36.2 Å². The highest BCUT2D eigenvalue weighted by Gasteiger charge is 2.28. The van der Waals surface area contributed by atoms with Gasteiger partial charge in [-0.3, -0.25) is 29.7 Å². The van der Waals surface area contributed by atoms with Crippen LogP contribution in [0.4, 0.5) is 32.0 Å². The number of phenolic OH excluding ortho intramolecular Hbond substituents is 5. The predicted octanol–water partition coefficient (Wildman–Crippen LogP) is 24.4. The molecule has 0 fully saturated rings. The van der Waals surface area contributed by atoms with Crippen LogP contribution in [0.3, 0.4) is 0 Å². The smallest absolute Gasteiger partial charge is 0.220 e. The maximum absolute atomic E-state index is 13.3. The van der Waals surface area contributed by atoms with Gasteiger partial charge < -0.3 is 61.8 Å². The number of hydrogen-bond acceptors (Lipinski definition) is 24. The third kappa shape index (κ3) is 22.4. The Morgan fingerprint density at radius 3 is 1.39 bits per heavy atom. The third-order valence-electron chi connectivity index (χ3n) is 21.6. The summed E-state index contributed by atoms with van der Waals surface area (Å²) in [6.45, 7) is 8.11. The Labute approximate surface area is 779 Å². The van der Waals surface area contributed by atoms with E-state index in [1.54, 1.807) is 79.9 Å². The maximum Gasteiger partial charge on any atom is 0.220 e. The predicted molar refractivity (Wildman–Crippen MR) is 531 cm³/mol. The number of hydrogen-bond donors (Lipinski definition) is 10. The molecule has 0 aliphatic heterocycles. The molecule has 10 heterocycles. The van der Waals surface area contributed by atoms with Crippen LogP contribution in [0.15, 0.2) is 345 Å². The summed E-state index contributed by atoms with van der Waals surface area (Å²) >= 11 is 10.9. The van der Waals surface area contributed by atoms with Crippen molar-refractivity contribution in [3.8, 4) is 34.5 Å². The van der Waals surface area contributed by atoms with E-state index in [9.17, 15) is 34.7 Å². The molecule has 19 aromatic rings. The summed E-state index contributed by atoms with van der Waals surface area (Å²) in [7, 11) is 4.03. The number of aromatic hydroxyl groups is 5. The molecule has 9 aromatic carbocycles. The normalized spacial score (nSPS) is 12.0. The highest BCUT2D eigenvalue weighted by molar-refractivity contribution is 7.13. The van der Waals surface area contributed by atoms with E-state index < -0.39 is 6.04 Å². The van der Waals surface area contributed by atoms with Crippen molar-refractivity contribution in [2.45, 2.75) is 63.3 Å². The summed E-state index contributed by atoms with van der Waals surface area (Å²) in [4.78, 5) is 54.4. The number of amides is 1. The second kappa shape index (κ2) is 44.0. The van der Waals surface area contributed by atoms with Crippen molar-refractivity contribution in [3.63, 3.8) is 0 Å². The lowest BCUT2D eigenvalue weighted by Gasteiger charge is -2.22. The highest BCUT2D eigenvalue weighted by Crippen LogP contribution is 2.44. The minimum atomic E-state index is -0.451. The monoisotopic (exact) mass is 1830 g/mol. The van der Waals surface area contributed by atoms with Gasteiger partial charge in [-0.25, -0.2) is 24.3 Å². The van der Waals surface area contributed by atoms with E-state index in [2.05, 4.69) is 107 Å². The lowest BCUT2D eigenvalue weighted by Crippen LogP contribution is -2.28. The van der Waals surface area contributed by atoms with Gasteiger partial charge in [0.15, 0.2) is 10.3 Å². The van der Waals surface area contributed by atoms with E-state index in [4.69, 9.17) is 16.3 Å². The quantitative estimate of drug-likeness (QED) is 0.0225. The van der Waals surface area contributed by atoms with Gasteiger partial charge in [0.25, 0.3) is 0 Å². The Kier molecular flexibility index (Phi) is 30.4. The first-order chi connectivity index (χ1) is 64.4. The second-order valence-corrected chi connectivity index (χ2v) is 33.8. The van der Waals surface area contributed by atoms with E-state index >= 15 is 0 Å². The molecular weight excluding hydrogens is 1730 g/mol. The number of nitrogens with one attached hydrogen (secondary N) is 5. The van der Waals surface area contributed by atoms with Gasteiger partial charge in [0.2, 0.25) is 5.91 Å². The molecule has 5 atom stereocenters. The summed E-state index contributed by atoms with van der Waals surface area (Å²) < 4.78 is 19.0. The SMILES string of the molecule is C=CCOc1cccc(C(Nc2cccc(C)n2)c2ccc3cccnc3c2O)c1.CCCCC(=O)NC(c1cccs1)c1cc(Cl)c2cccnc2c1O.CN(C)c1ccc(C(Nc2nccs2)c2ccc3cccnc3c2O)cc1.Oc1c(C(Nc2ccccn2)c2ccccc2)ccc2cccnc12.Oc1c(C(Nc2nccs2)c2ccc(F)cc2)ccc2cccnc12. The van der Waals surface area contributed by atoms with E-state index in [0.717, 1.165) is 112 Å². The number of benzene rings is 9. The zero-order chi connectivity index (χ0) is 91.8. The molecular formula is C105H93ClFN15O7S3. The van der Waals surface area contributed by atoms with Crippen LogP contribution in [-0.2, 0) is 4.79 Å². The van der Waals surface area contributed by atoms with Crippen LogP contribution in [0.2, 0.25) is 5.02 Å². The number of nitrogens with zero attached hydrogens (tertiary/aromatic N) is 10. The van der Waals surface area contributed by atoms with Crippen molar-refractivity contribution in [2.75, 3.05) is 46.9 Å². The summed E-state index contributed by atoms with van der Waals surface area (Å²) in [5.74, 6) is 2.54. The summed E-state index contributed by atoms with van der Waals surface area (Å²) in [5, 5.41) is 83.0. The molecule has 0 radical (unpaired) electrons. The minimum Gasteiger partial charge on any atom is -0.505 e. The lowest BCUT2D eigenvalue weighted by molar-refractivity contribution is -0.121. The number of aryl methyl sites for hydroxylation is 1. The van der Waals surface area contributed by atoms with Crippen LogP contribution in [0.1, 0.15) is 117 Å². The number of rotatable bonds is 26. The van der Waals surface area contributed by atoms with Crippen molar-refractivity contribution in [3.05, 3.63) is 417 Å². The van der Waals surface area contributed by atoms with Crippen molar-refractivity contribution in [2.24, 2.45) is 0 Å². The van der Waals surface area contributed by atoms with Crippen molar-refractivity contribution in [1.29, 1.82) is 0 Å². The van der Waals surface area contributed by atoms with Crippen LogP contribution in [0.25, 0.3) is 54.5 Å². The number of ether oxygens (including phenoxy) is 1. The first-order valence-corrected chi connectivity index (χ1v) is 45.4. The molecule has 22 nitrogen and oxygen atoms in total. The molecule has 0 bridgehead atoms. The number of aromatic nitrogens is 9. The molecule has 0 aliphatic rings. The first-order valence-electron chi connectivity index (χ1n) is 42.4. The van der Waals surface area contributed by atoms with Crippen LogP contribution in [0.5, 0.6) is 34.5 Å². The number of halogens is 2. The number of unbranched alkanes of at least 4 members (excludes halogenated alkanes) is 1. The molecule has 0 saturated heterocycles. The zero-order valence-electron chi connectivity index (χ0n) is 72.3. The topological polar surface area (TPSA) is 307 Å². The Hall–Kier alpha value is -15.5. The molecule has 5 unspecified atom stereocenters. The molecule has 0 spiro atoms. The molecule has 0 aliphatic carbocycles. The van der Waals surface area contributed by atoms with Gasteiger partial charge in [-0.05, 0) is 150 Å². The van der Waals surface area contributed by atoms with Gasteiger partial charge in [-0.1, -0.05) is 195 Å². The van der Waals surface area contributed by atoms with Crippen molar-refractivity contribution >= 4 is 134 Å². The average Bonchev–Trinajstić information content (AvgIpc) is 1.07. The largest absolute Gasteiger partial charge is 0.505 e. The van der Waals surface area contributed by atoms with Crippen molar-refractivity contribution in [1.82, 2.24) is 50.2 Å². The number of thiophene rings is 1. The number of fused-ring (bicyclic) bond motifs is 5. The summed E-state index contributed by atoms with van der Waals surface area (Å²) in [6, 6.07) is 82.0. The summed E-state index contributed by atoms with van der Waals surface area (Å²) in [5.41, 5.74) is 12.1. The highest BCUT2D eigenvalue weighted by atomic mass is 35.5. The molecule has 662 valence electrons. The number of carbonyl (C=O) groups is 1. The van der Waals surface area contributed by atoms with E-state index in [1.165, 1.54) is 46.1 Å². The van der Waals surface area contributed by atoms with Gasteiger partial charge in [0.05, 0.1) is 35.2 Å². The van der Waals surface area contributed by atoms with E-state index in [0.29, 0.717) is 67.7 Å². The Morgan fingerprint density at radius 1 is 0.439 bits per heavy atom. The average molecular weight is 1830 g/mol. The van der Waals surface area contributed by atoms with Gasteiger partial charge in [-0.15, -0.1) is 34.0 Å². The number of anilines is 5. The Balaban J connectivity index is 0.000000126. The van der Waals surface area contributed by atoms with Crippen LogP contribution in [-0.4, -0.2) is 97.0 Å². The zero-order valence-corrected chi connectivity index (χ0v) is 75.5. The molecule has 19 rings (SSSR count). The molecule has 10 N–H and O–H groups in total. The van der Waals surface area contributed by atoms with E-state index in [-0.39, 0.29) is 64.6 Å². The number of carbonyl (C=O) groups excluding carboxylic acids is 1. The number of pyridine rings is 7. The third-order valence-corrected chi connectivity index (χ3v) is 24.2. The number of thiazole rings is 2. The standard InChI is InChI=1S/C25H23N3O2.C21H20N4OS.C21H17N3O.C19H19ClN2O2S.C19H14FN3OS/c1-3-15-30-20-10-5-8-19(16-20)23(28-22-11-4-7-17(2)27-22)21-13-12-18-9-6-14-26-24(18)25(21)29;1-25(2)16-8-5-15(6-9-16)18(24-21-23-12-13-27-21)17-10-7-14-4-3-11-22-19(14)20(17)26;25-21-17(12-11-16-9-6-14-23-20(16)21)19(15-7-2-1-3-8-15)24-18-10-4-5-13-22-18;1-2-3-8-16(23)22-17(15-7-5-10-25-15)13-11-14(20)12-6-4-9-21-18(12)19(13)24;20-14-6-3-13(4-7-14)16(23-19-22-10-11-25-19)15-8-5-12-2-1-9-21-17(12)18(15)24/h3-14,16,23,29H,1,15H2,2H3,(H,27,28);3-13,18,26H,1-2H3,(H,23,24);1-14,19,25H,(H,22,24);4-7,9-11,17,24H,2-3,8H2,1H3,(H,22,23);1-11,16,24H,(H,22,23). The first kappa shape index (κ1) is 91.3. The molecule has 10 aromatic heterocycles. The van der Waals surface area contributed by atoms with Gasteiger partial charge in [0.1, 0.15) is 86.1 Å². The minimum absolute atomic E-state index is 0.0445. The molecule has 0 saturated carbocycles. The lowest BCUT2D eigenvalue weighted by atomic mass is 9.96. The Bertz CT molecular complexity index is 6980. The molecule has 27 heteroatoms. The fraction of sp³-hybridized carbons (Fsp3) is 0.124. The fourth-order valence-electron chi connectivity index (χ4n) is 15.0. The van der Waals surface area contributed by atoms with E-state index in [1.807, 2.05) is 250 Å². The number of phenols is 5. The van der Waals surface area contributed by atoms with Crippen LogP contribution >= 0.6 is 45.6 Å². The fourth-order valence-corrected chi connectivity index (χ4v) is 17.2. The van der Waals surface area contributed by atoms with Gasteiger partial charge in [0, 0.05) is 152 Å². The molecule has 132 heavy (non-hydrogen) atoms. The molecule has 1 amide bonds. The summed E-state index contributed by atoms with van der Waals surface area (Å²) in [6.07, 6.45) is 17.5. The van der Waals surface area contributed by atoms with Crippen molar-refractivity contribution < 1.29 is 39.5 Å². The maximum atomic E-state index is 13.3. The Morgan fingerprint density at radius 2 is 0.902 bits per heavy atom. The second-order valence-electron chi connectivity index (χ2n) is 30.6.